The van der Waals surface area contributed by atoms with Crippen LogP contribution in [0.4, 0.5) is 0 Å². The lowest BCUT2D eigenvalue weighted by Crippen LogP contribution is -2.38. The zero-order valence-corrected chi connectivity index (χ0v) is 16.1. The van der Waals surface area contributed by atoms with Gasteiger partial charge in [-0.1, -0.05) is 19.9 Å². The fraction of sp³-hybridized carbons (Fsp3) is 0.364. The highest BCUT2D eigenvalue weighted by atomic mass is 16.5. The Balaban J connectivity index is 1.93. The number of allylic oxidation sites excluding steroid dienone is 3. The Hall–Kier alpha value is -2.82. The van der Waals surface area contributed by atoms with Gasteiger partial charge in [0.1, 0.15) is 0 Å². The lowest BCUT2D eigenvalue weighted by molar-refractivity contribution is -0.136. The number of dihydropyridines is 1. The van der Waals surface area contributed by atoms with E-state index in [-0.39, 0.29) is 11.2 Å². The van der Waals surface area contributed by atoms with Crippen LogP contribution in [-0.4, -0.2) is 23.8 Å². The van der Waals surface area contributed by atoms with E-state index in [1.165, 1.54) is 7.11 Å². The summed E-state index contributed by atoms with van der Waals surface area (Å²) in [5, 5.41) is 4.39. The van der Waals surface area contributed by atoms with Gasteiger partial charge in [0.15, 0.2) is 5.78 Å². The van der Waals surface area contributed by atoms with Crippen LogP contribution in [0.15, 0.2) is 53.0 Å². The van der Waals surface area contributed by atoms with Gasteiger partial charge in [0.05, 0.1) is 12.7 Å². The first-order chi connectivity index (χ1) is 12.8. The molecule has 5 heteroatoms. The molecule has 2 aliphatic rings. The van der Waals surface area contributed by atoms with Crippen LogP contribution >= 0.6 is 0 Å². The molecule has 1 aliphatic carbocycles. The van der Waals surface area contributed by atoms with Gasteiger partial charge in [0.2, 0.25) is 0 Å². The van der Waals surface area contributed by atoms with Gasteiger partial charge in [-0.05, 0) is 47.9 Å². The minimum absolute atomic E-state index is 0.0961. The summed E-state index contributed by atoms with van der Waals surface area (Å²) in [4.78, 5) is 28.9. The lowest BCUT2D eigenvalue weighted by atomic mass is 9.68. The number of nitrogens with one attached hydrogen (secondary N) is 2. The lowest BCUT2D eigenvalue weighted by Gasteiger charge is -2.39. The number of H-pyrrole nitrogens is 1. The van der Waals surface area contributed by atoms with E-state index in [2.05, 4.69) is 30.2 Å². The summed E-state index contributed by atoms with van der Waals surface area (Å²) in [6.07, 6.45) is 3.14. The molecule has 1 aliphatic heterocycles. The summed E-state index contributed by atoms with van der Waals surface area (Å²) in [6, 6.07) is 8.03. The van der Waals surface area contributed by atoms with Crippen molar-refractivity contribution in [2.24, 2.45) is 5.41 Å². The summed E-state index contributed by atoms with van der Waals surface area (Å²) in [6.45, 7) is 6.09. The Labute approximate surface area is 158 Å². The third-order valence-electron chi connectivity index (χ3n) is 5.56. The van der Waals surface area contributed by atoms with Crippen LogP contribution in [0.1, 0.15) is 45.1 Å². The monoisotopic (exact) mass is 364 g/mol. The molecule has 0 saturated heterocycles. The molecule has 27 heavy (non-hydrogen) atoms. The van der Waals surface area contributed by atoms with Gasteiger partial charge in [0.25, 0.3) is 0 Å². The second kappa shape index (κ2) is 6.12. The molecule has 0 spiro atoms. The molecule has 5 nitrogen and oxygen atoms in total. The van der Waals surface area contributed by atoms with E-state index in [4.69, 9.17) is 4.74 Å². The van der Waals surface area contributed by atoms with Crippen molar-refractivity contribution in [2.45, 2.75) is 39.5 Å². The maximum Gasteiger partial charge on any atom is 0.336 e. The van der Waals surface area contributed by atoms with Crippen molar-refractivity contribution in [1.82, 2.24) is 10.3 Å². The molecule has 2 heterocycles. The van der Waals surface area contributed by atoms with Gasteiger partial charge in [-0.2, -0.15) is 0 Å². The van der Waals surface area contributed by atoms with Crippen molar-refractivity contribution in [1.29, 1.82) is 0 Å². The van der Waals surface area contributed by atoms with E-state index in [9.17, 15) is 9.59 Å². The third-order valence-corrected chi connectivity index (χ3v) is 5.56. The van der Waals surface area contributed by atoms with Gasteiger partial charge < -0.3 is 15.0 Å². The fourth-order valence-corrected chi connectivity index (χ4v) is 4.40. The van der Waals surface area contributed by atoms with Crippen LogP contribution in [0.25, 0.3) is 10.9 Å². The second-order valence-corrected chi connectivity index (χ2v) is 8.25. The molecule has 4 rings (SSSR count). The summed E-state index contributed by atoms with van der Waals surface area (Å²) in [5.41, 5.74) is 4.77. The smallest absolute Gasteiger partial charge is 0.336 e. The molecular formula is C22H24N2O3. The zero-order valence-electron chi connectivity index (χ0n) is 16.1. The minimum Gasteiger partial charge on any atom is -0.466 e. The predicted octanol–water partition coefficient (Wildman–Crippen LogP) is 3.94. The molecule has 0 bridgehead atoms. The second-order valence-electron chi connectivity index (χ2n) is 8.25. The Morgan fingerprint density at radius 2 is 2.00 bits per heavy atom. The highest BCUT2D eigenvalue weighted by molar-refractivity contribution is 6.04. The average Bonchev–Trinajstić information content (AvgIpc) is 3.06. The third kappa shape index (κ3) is 2.87. The Morgan fingerprint density at radius 1 is 1.22 bits per heavy atom. The van der Waals surface area contributed by atoms with E-state index in [1.807, 2.05) is 31.3 Å². The highest BCUT2D eigenvalue weighted by Gasteiger charge is 2.43. The molecule has 2 aromatic rings. The van der Waals surface area contributed by atoms with Crippen LogP contribution in [0, 0.1) is 5.41 Å². The normalized spacial score (nSPS) is 21.9. The van der Waals surface area contributed by atoms with E-state index < -0.39 is 11.9 Å². The number of rotatable bonds is 2. The fourth-order valence-electron chi connectivity index (χ4n) is 4.40. The van der Waals surface area contributed by atoms with Crippen LogP contribution in [0.2, 0.25) is 0 Å². The first-order valence-electron chi connectivity index (χ1n) is 9.20. The topological polar surface area (TPSA) is 71.2 Å². The molecule has 2 N–H and O–H groups in total. The number of benzene rings is 1. The average molecular weight is 364 g/mol. The SMILES string of the molecule is COC(=O)C1=C(C)NC2=C(C(=O)CC(C)(C)C2)C1c1ccc2[nH]ccc2c1. The first kappa shape index (κ1) is 17.6. The quantitative estimate of drug-likeness (QED) is 0.792. The zero-order chi connectivity index (χ0) is 19.3. The van der Waals surface area contributed by atoms with Gasteiger partial charge in [-0.3, -0.25) is 4.79 Å². The van der Waals surface area contributed by atoms with Crippen molar-refractivity contribution < 1.29 is 14.3 Å². The van der Waals surface area contributed by atoms with Gasteiger partial charge in [-0.15, -0.1) is 0 Å². The molecular weight excluding hydrogens is 340 g/mol. The first-order valence-corrected chi connectivity index (χ1v) is 9.20. The number of aromatic amines is 1. The van der Waals surface area contributed by atoms with Crippen molar-refractivity contribution in [3.8, 4) is 0 Å². The van der Waals surface area contributed by atoms with Crippen molar-refractivity contribution in [2.75, 3.05) is 7.11 Å². The number of esters is 1. The van der Waals surface area contributed by atoms with Crippen LogP contribution in [0.5, 0.6) is 0 Å². The maximum atomic E-state index is 13.1. The molecule has 1 unspecified atom stereocenters. The van der Waals surface area contributed by atoms with E-state index in [1.54, 1.807) is 0 Å². The minimum atomic E-state index is -0.406. The number of methoxy groups -OCH3 is 1. The molecule has 1 atom stereocenters. The standard InChI is InChI=1S/C22H24N2O3/c1-12-18(21(26)27-4)19(14-5-6-15-13(9-14)7-8-23-15)20-16(24-12)10-22(2,3)11-17(20)25/h5-9,19,23-24H,10-11H2,1-4H3. The Morgan fingerprint density at radius 3 is 2.74 bits per heavy atom. The number of Topliss-reactive ketones (excluding diaryl/α,β-unsaturated/α-hetero) is 1. The largest absolute Gasteiger partial charge is 0.466 e. The molecule has 0 radical (unpaired) electrons. The predicted molar refractivity (Wildman–Crippen MR) is 104 cm³/mol. The number of ketones is 1. The number of fused-ring (bicyclic) bond motifs is 1. The summed E-state index contributed by atoms with van der Waals surface area (Å²) in [5.74, 6) is -0.707. The highest BCUT2D eigenvalue weighted by Crippen LogP contribution is 2.47. The number of carbonyl (C=O) groups is 2. The molecule has 140 valence electrons. The van der Waals surface area contributed by atoms with Gasteiger partial charge >= 0.3 is 5.97 Å². The number of hydrogen-bond acceptors (Lipinski definition) is 4. The van der Waals surface area contributed by atoms with E-state index in [0.29, 0.717) is 17.6 Å². The van der Waals surface area contributed by atoms with Crippen LogP contribution in [0.3, 0.4) is 0 Å². The van der Waals surface area contributed by atoms with Gasteiger partial charge in [0, 0.05) is 41.0 Å². The van der Waals surface area contributed by atoms with Crippen LogP contribution in [-0.2, 0) is 14.3 Å². The molecule has 0 amide bonds. The molecule has 1 aromatic heterocycles. The summed E-state index contributed by atoms with van der Waals surface area (Å²) >= 11 is 0. The molecule has 0 fully saturated rings. The van der Waals surface area contributed by atoms with Crippen molar-refractivity contribution in [3.05, 3.63) is 58.6 Å². The Bertz CT molecular complexity index is 1020. The van der Waals surface area contributed by atoms with E-state index >= 15 is 0 Å². The Kier molecular flexibility index (Phi) is 3.98. The number of ether oxygens (including phenoxy) is 1. The maximum absolute atomic E-state index is 13.1. The number of carbonyl (C=O) groups excluding carboxylic acids is 2. The van der Waals surface area contributed by atoms with Crippen LogP contribution < -0.4 is 5.32 Å². The molecule has 0 saturated carbocycles. The van der Waals surface area contributed by atoms with Crippen molar-refractivity contribution >= 4 is 22.7 Å². The summed E-state index contributed by atoms with van der Waals surface area (Å²) < 4.78 is 5.06. The summed E-state index contributed by atoms with van der Waals surface area (Å²) in [7, 11) is 1.38. The number of aromatic nitrogens is 1. The number of hydrogen-bond donors (Lipinski definition) is 2. The van der Waals surface area contributed by atoms with E-state index in [0.717, 1.165) is 34.3 Å². The molecule has 1 aromatic carbocycles. The van der Waals surface area contributed by atoms with Gasteiger partial charge in [-0.25, -0.2) is 4.79 Å². The van der Waals surface area contributed by atoms with Crippen molar-refractivity contribution in [3.63, 3.8) is 0 Å².